The molecule has 0 saturated carbocycles. The number of rotatable bonds is 3. The Morgan fingerprint density at radius 3 is 1.54 bits per heavy atom. The molecule has 9 heteroatoms. The molecule has 1 atom stereocenters. The van der Waals surface area contributed by atoms with Crippen molar-refractivity contribution in [1.82, 2.24) is 23.7 Å². The van der Waals surface area contributed by atoms with Crippen molar-refractivity contribution < 1.29 is 4.74 Å². The van der Waals surface area contributed by atoms with Crippen molar-refractivity contribution in [2.75, 3.05) is 0 Å². The fraction of sp³-hybridized carbons (Fsp3) is 0.0161. The van der Waals surface area contributed by atoms with Gasteiger partial charge in [0.2, 0.25) is 0 Å². The molecule has 1 spiro atoms. The lowest BCUT2D eigenvalue weighted by atomic mass is 9.65. The summed E-state index contributed by atoms with van der Waals surface area (Å²) in [5, 5.41) is 36.1. The van der Waals surface area contributed by atoms with Gasteiger partial charge in [-0.25, -0.2) is 0 Å². The number of aromatic nitrogens is 5. The molecule has 0 N–H and O–H groups in total. The highest BCUT2D eigenvalue weighted by atomic mass is 16.5. The van der Waals surface area contributed by atoms with Crippen LogP contribution in [0.4, 0.5) is 0 Å². The predicted octanol–water partition coefficient (Wildman–Crippen LogP) is 13.9. The van der Waals surface area contributed by atoms with Gasteiger partial charge in [0.25, 0.3) is 0 Å². The van der Waals surface area contributed by atoms with E-state index >= 15 is 0 Å². The van der Waals surface area contributed by atoms with E-state index < -0.39 is 5.41 Å². The van der Waals surface area contributed by atoms with Crippen molar-refractivity contribution in [3.8, 4) is 58.2 Å². The summed E-state index contributed by atoms with van der Waals surface area (Å²) < 4.78 is 14.2. The second-order valence-corrected chi connectivity index (χ2v) is 18.3. The van der Waals surface area contributed by atoms with Crippen LogP contribution < -0.4 is 4.74 Å². The van der Waals surface area contributed by atoms with Gasteiger partial charge in [-0.1, -0.05) is 72.8 Å². The molecule has 326 valence electrons. The number of hydrogen-bond donors (Lipinski definition) is 0. The Morgan fingerprint density at radius 1 is 0.394 bits per heavy atom. The van der Waals surface area contributed by atoms with Crippen LogP contribution in [0, 0.1) is 34.0 Å². The molecular formula is C62H32N8O. The van der Waals surface area contributed by atoms with Gasteiger partial charge in [0.05, 0.1) is 102 Å². The molecular weight excluding hydrogens is 873 g/mol. The molecule has 1 unspecified atom stereocenters. The molecule has 0 saturated heterocycles. The van der Waals surface area contributed by atoms with E-state index in [1.165, 1.54) is 0 Å². The van der Waals surface area contributed by atoms with Crippen molar-refractivity contribution >= 4 is 65.4 Å². The molecule has 0 amide bonds. The second-order valence-electron chi connectivity index (χ2n) is 18.3. The van der Waals surface area contributed by atoms with Crippen LogP contribution in [0.5, 0.6) is 11.5 Å². The minimum absolute atomic E-state index is 0.589. The number of pyridine rings is 2. The second kappa shape index (κ2) is 14.1. The molecule has 9 nitrogen and oxygen atoms in total. The molecule has 0 fully saturated rings. The van der Waals surface area contributed by atoms with Crippen LogP contribution in [0.15, 0.2) is 194 Å². The fourth-order valence-corrected chi connectivity index (χ4v) is 12.1. The first kappa shape index (κ1) is 38.8. The van der Waals surface area contributed by atoms with Crippen LogP contribution in [-0.4, -0.2) is 23.7 Å². The van der Waals surface area contributed by atoms with Gasteiger partial charge < -0.3 is 18.4 Å². The Balaban J connectivity index is 1.07. The maximum atomic E-state index is 10.1. The standard InChI is InChI=1S/C62H32N8O/c63-32-36-18-23-53-44(27-36)41-9-1-4-13-50(41)68(53)39-21-22-47-58(31-39)71-57-17-7-16-56(70-52-15-6-3-11-43(52)46-29-38(34-65)20-25-55(46)70)59(57)62(47)48-12-8-26-66-60(48)61-49(62)30-40(35-67-61)69-51-14-5-2-10-42(51)45-28-37(33-64)19-24-54(45)69/h1-31,35H. The molecule has 15 rings (SSSR count). The lowest BCUT2D eigenvalue weighted by Crippen LogP contribution is -2.34. The van der Waals surface area contributed by atoms with E-state index in [-0.39, 0.29) is 0 Å². The van der Waals surface area contributed by atoms with Crippen molar-refractivity contribution in [3.05, 3.63) is 233 Å². The Bertz CT molecular complexity index is 4680. The van der Waals surface area contributed by atoms with Crippen LogP contribution in [-0.2, 0) is 5.41 Å². The molecule has 1 aliphatic carbocycles. The number of hydrogen-bond acceptors (Lipinski definition) is 6. The van der Waals surface area contributed by atoms with E-state index in [4.69, 9.17) is 14.7 Å². The highest BCUT2D eigenvalue weighted by Crippen LogP contribution is 2.63. The summed E-state index contributed by atoms with van der Waals surface area (Å²) in [4.78, 5) is 10.6. The van der Waals surface area contributed by atoms with Crippen molar-refractivity contribution in [2.45, 2.75) is 5.41 Å². The van der Waals surface area contributed by atoms with Gasteiger partial charge in [-0.3, -0.25) is 9.97 Å². The minimum atomic E-state index is -1.04. The lowest BCUT2D eigenvalue weighted by molar-refractivity contribution is 0.435. The average Bonchev–Trinajstić information content (AvgIpc) is 4.14. The van der Waals surface area contributed by atoms with E-state index in [9.17, 15) is 15.8 Å². The normalized spacial score (nSPS) is 14.3. The first-order valence-corrected chi connectivity index (χ1v) is 23.3. The molecule has 71 heavy (non-hydrogen) atoms. The third-order valence-corrected chi connectivity index (χ3v) is 14.8. The zero-order chi connectivity index (χ0) is 47.1. The Hall–Kier alpha value is -10.3. The molecule has 0 radical (unpaired) electrons. The average molecular weight is 905 g/mol. The smallest absolute Gasteiger partial charge is 0.134 e. The van der Waals surface area contributed by atoms with Gasteiger partial charge >= 0.3 is 0 Å². The van der Waals surface area contributed by atoms with E-state index in [1.807, 2.05) is 103 Å². The monoisotopic (exact) mass is 904 g/mol. The Morgan fingerprint density at radius 2 is 0.930 bits per heavy atom. The number of para-hydroxylation sites is 3. The Labute approximate surface area is 404 Å². The van der Waals surface area contributed by atoms with Crippen LogP contribution in [0.1, 0.15) is 38.9 Å². The topological polar surface area (TPSA) is 121 Å². The molecule has 2 aliphatic rings. The van der Waals surface area contributed by atoms with E-state index in [1.54, 1.807) is 0 Å². The first-order valence-electron chi connectivity index (χ1n) is 23.3. The number of ether oxygens (including phenoxy) is 1. The van der Waals surface area contributed by atoms with Gasteiger partial charge in [0, 0.05) is 67.0 Å². The Kier molecular flexibility index (Phi) is 7.72. The van der Waals surface area contributed by atoms with Crippen molar-refractivity contribution in [2.24, 2.45) is 0 Å². The van der Waals surface area contributed by atoms with Gasteiger partial charge in [0.15, 0.2) is 0 Å². The van der Waals surface area contributed by atoms with Gasteiger partial charge in [0.1, 0.15) is 11.5 Å². The molecule has 1 aliphatic heterocycles. The first-order chi connectivity index (χ1) is 35.1. The molecule has 13 aromatic rings. The molecule has 5 aromatic heterocycles. The largest absolute Gasteiger partial charge is 0.457 e. The van der Waals surface area contributed by atoms with Crippen LogP contribution >= 0.6 is 0 Å². The van der Waals surface area contributed by atoms with Crippen LogP contribution in [0.25, 0.3) is 93.9 Å². The van der Waals surface area contributed by atoms with Gasteiger partial charge in [-0.15, -0.1) is 0 Å². The van der Waals surface area contributed by atoms with Crippen LogP contribution in [0.2, 0.25) is 0 Å². The third-order valence-electron chi connectivity index (χ3n) is 14.8. The predicted molar refractivity (Wildman–Crippen MR) is 277 cm³/mol. The zero-order valence-corrected chi connectivity index (χ0v) is 37.5. The SMILES string of the molecule is N#Cc1ccc2c(c1)c1ccccc1n2-c1ccc2c(c1)Oc1cccc(-n3c4ccccc4c4cc(C#N)ccc43)c1C21c2cccnc2-c2ncc(-n3c4ccccc4c4cc(C#N)ccc43)cc21. The van der Waals surface area contributed by atoms with Gasteiger partial charge in [-0.2, -0.15) is 15.8 Å². The summed E-state index contributed by atoms with van der Waals surface area (Å²) in [6.45, 7) is 0. The number of benzene rings is 8. The van der Waals surface area contributed by atoms with E-state index in [2.05, 4.69) is 123 Å². The highest BCUT2D eigenvalue weighted by molar-refractivity contribution is 6.12. The van der Waals surface area contributed by atoms with Gasteiger partial charge in [-0.05, 0) is 109 Å². The summed E-state index contributed by atoms with van der Waals surface area (Å²) in [5.41, 5.74) is 14.6. The number of fused-ring (bicyclic) bond motifs is 18. The minimum Gasteiger partial charge on any atom is -0.457 e. The van der Waals surface area contributed by atoms with Crippen molar-refractivity contribution in [3.63, 3.8) is 0 Å². The van der Waals surface area contributed by atoms with E-state index in [0.29, 0.717) is 28.2 Å². The summed E-state index contributed by atoms with van der Waals surface area (Å²) in [6, 6.07) is 69.0. The summed E-state index contributed by atoms with van der Waals surface area (Å²) >= 11 is 0. The summed E-state index contributed by atoms with van der Waals surface area (Å²) in [6.07, 6.45) is 3.78. The fourth-order valence-electron chi connectivity index (χ4n) is 12.1. The number of nitriles is 3. The zero-order valence-electron chi connectivity index (χ0n) is 37.5. The highest BCUT2D eigenvalue weighted by Gasteiger charge is 2.54. The van der Waals surface area contributed by atoms with Crippen LogP contribution in [0.3, 0.4) is 0 Å². The molecule has 8 aromatic carbocycles. The maximum Gasteiger partial charge on any atom is 0.134 e. The quantitative estimate of drug-likeness (QED) is 0.174. The van der Waals surface area contributed by atoms with Crippen molar-refractivity contribution in [1.29, 1.82) is 15.8 Å². The lowest BCUT2D eigenvalue weighted by Gasteiger charge is -2.40. The third kappa shape index (κ3) is 5.04. The summed E-state index contributed by atoms with van der Waals surface area (Å²) in [5.74, 6) is 1.36. The molecule has 0 bridgehead atoms. The van der Waals surface area contributed by atoms with E-state index in [0.717, 1.165) is 116 Å². The summed E-state index contributed by atoms with van der Waals surface area (Å²) in [7, 11) is 0. The maximum absolute atomic E-state index is 10.1. The molecule has 6 heterocycles. The number of nitrogens with zero attached hydrogens (tertiary/aromatic N) is 8.